The van der Waals surface area contributed by atoms with Crippen molar-refractivity contribution in [3.05, 3.63) is 53.8 Å². The Morgan fingerprint density at radius 3 is 2.48 bits per heavy atom. The van der Waals surface area contributed by atoms with E-state index in [0.29, 0.717) is 12.0 Å². The number of rotatable bonds is 2. The van der Waals surface area contributed by atoms with E-state index >= 15 is 0 Å². The summed E-state index contributed by atoms with van der Waals surface area (Å²) in [4.78, 5) is 2.68. The summed E-state index contributed by atoms with van der Waals surface area (Å²) in [5, 5.41) is 3.42. The molecule has 2 heterocycles. The molecule has 0 amide bonds. The predicted octanol–water partition coefficient (Wildman–Crippen LogP) is 2.94. The van der Waals surface area contributed by atoms with Gasteiger partial charge in [0.15, 0.2) is 0 Å². The molecule has 132 valence electrons. The van der Waals surface area contributed by atoms with Crippen LogP contribution in [-0.4, -0.2) is 34.6 Å². The average Bonchev–Trinajstić information content (AvgIpc) is 2.78. The highest BCUT2D eigenvalue weighted by molar-refractivity contribution is 7.91. The highest BCUT2D eigenvalue weighted by atomic mass is 32.2. The summed E-state index contributed by atoms with van der Waals surface area (Å²) < 4.78 is 38.9. The Kier molecular flexibility index (Phi) is 4.04. The van der Waals surface area contributed by atoms with Crippen molar-refractivity contribution in [1.82, 2.24) is 5.32 Å². The Bertz CT molecular complexity index is 896. The average molecular weight is 360 g/mol. The summed E-state index contributed by atoms with van der Waals surface area (Å²) in [5.74, 6) is -0.0957. The van der Waals surface area contributed by atoms with E-state index in [1.807, 2.05) is 12.1 Å². The molecule has 25 heavy (non-hydrogen) atoms. The largest absolute Gasteiger partial charge is 0.371 e. The zero-order chi connectivity index (χ0) is 17.6. The SMILES string of the molecule is CN1c2ccc(S(=O)(=O)c3ccc(F)cc3)cc2C2CCNCCC21. The van der Waals surface area contributed by atoms with Gasteiger partial charge in [0.1, 0.15) is 5.82 Å². The minimum atomic E-state index is -3.64. The highest BCUT2D eigenvalue weighted by Gasteiger charge is 2.37. The van der Waals surface area contributed by atoms with Crippen molar-refractivity contribution in [1.29, 1.82) is 0 Å². The Balaban J connectivity index is 1.77. The number of benzene rings is 2. The van der Waals surface area contributed by atoms with Crippen molar-refractivity contribution in [2.45, 2.75) is 34.6 Å². The molecule has 0 bridgehead atoms. The van der Waals surface area contributed by atoms with Gasteiger partial charge in [-0.1, -0.05) is 0 Å². The number of fused-ring (bicyclic) bond motifs is 3. The lowest BCUT2D eigenvalue weighted by atomic mass is 9.91. The maximum Gasteiger partial charge on any atom is 0.206 e. The van der Waals surface area contributed by atoms with E-state index < -0.39 is 15.7 Å². The van der Waals surface area contributed by atoms with Crippen molar-refractivity contribution in [3.63, 3.8) is 0 Å². The van der Waals surface area contributed by atoms with Gasteiger partial charge in [0, 0.05) is 24.7 Å². The van der Waals surface area contributed by atoms with E-state index in [1.54, 1.807) is 6.07 Å². The summed E-state index contributed by atoms with van der Waals surface area (Å²) in [7, 11) is -1.56. The highest BCUT2D eigenvalue weighted by Crippen LogP contribution is 2.44. The van der Waals surface area contributed by atoms with Gasteiger partial charge in [0.05, 0.1) is 9.79 Å². The van der Waals surface area contributed by atoms with Crippen LogP contribution in [0.1, 0.15) is 24.3 Å². The van der Waals surface area contributed by atoms with E-state index in [0.717, 1.165) is 37.2 Å². The maximum absolute atomic E-state index is 13.1. The van der Waals surface area contributed by atoms with Crippen LogP contribution in [0, 0.1) is 5.82 Å². The first-order chi connectivity index (χ1) is 12.0. The molecule has 0 aromatic heterocycles. The van der Waals surface area contributed by atoms with Crippen LogP contribution in [0.4, 0.5) is 10.1 Å². The van der Waals surface area contributed by atoms with Crippen LogP contribution < -0.4 is 10.2 Å². The van der Waals surface area contributed by atoms with Gasteiger partial charge in [-0.3, -0.25) is 0 Å². The number of anilines is 1. The monoisotopic (exact) mass is 360 g/mol. The molecule has 2 aliphatic rings. The Labute approximate surface area is 147 Å². The van der Waals surface area contributed by atoms with E-state index in [-0.39, 0.29) is 9.79 Å². The quantitative estimate of drug-likeness (QED) is 0.837. The number of halogens is 1. The maximum atomic E-state index is 13.1. The molecule has 0 spiro atoms. The lowest BCUT2D eigenvalue weighted by Crippen LogP contribution is -2.30. The van der Waals surface area contributed by atoms with Gasteiger partial charge in [-0.25, -0.2) is 12.8 Å². The Hall–Kier alpha value is -1.92. The summed E-state index contributed by atoms with van der Waals surface area (Å²) in [6.07, 6.45) is 2.05. The molecule has 1 fully saturated rings. The predicted molar refractivity (Wildman–Crippen MR) is 95.3 cm³/mol. The van der Waals surface area contributed by atoms with Crippen LogP contribution in [0.3, 0.4) is 0 Å². The fraction of sp³-hybridized carbons (Fsp3) is 0.368. The molecule has 1 saturated heterocycles. The fourth-order valence-electron chi connectivity index (χ4n) is 4.10. The van der Waals surface area contributed by atoms with Gasteiger partial charge < -0.3 is 10.2 Å². The van der Waals surface area contributed by atoms with Crippen LogP contribution in [0.2, 0.25) is 0 Å². The smallest absolute Gasteiger partial charge is 0.206 e. The van der Waals surface area contributed by atoms with Gasteiger partial charge in [-0.15, -0.1) is 0 Å². The van der Waals surface area contributed by atoms with Gasteiger partial charge in [-0.2, -0.15) is 0 Å². The standard InChI is InChI=1S/C19H21FN2O2S/c1-22-18-7-6-15(25(23,24)14-4-2-13(20)3-5-14)12-17(18)16-8-10-21-11-9-19(16)22/h2-7,12,16,19,21H,8-11H2,1H3. The first-order valence-corrected chi connectivity index (χ1v) is 10.0. The van der Waals surface area contributed by atoms with Crippen LogP contribution in [-0.2, 0) is 9.84 Å². The molecule has 2 aromatic carbocycles. The number of hydrogen-bond acceptors (Lipinski definition) is 4. The third-order valence-electron chi connectivity index (χ3n) is 5.42. The summed E-state index contributed by atoms with van der Waals surface area (Å²) >= 11 is 0. The zero-order valence-electron chi connectivity index (χ0n) is 14.1. The lowest BCUT2D eigenvalue weighted by Gasteiger charge is -2.24. The molecule has 0 radical (unpaired) electrons. The van der Waals surface area contributed by atoms with E-state index in [9.17, 15) is 12.8 Å². The number of nitrogens with zero attached hydrogens (tertiary/aromatic N) is 1. The first-order valence-electron chi connectivity index (χ1n) is 8.56. The molecule has 4 rings (SSSR count). The van der Waals surface area contributed by atoms with Crippen LogP contribution in [0.15, 0.2) is 52.3 Å². The second-order valence-electron chi connectivity index (χ2n) is 6.79. The normalized spacial score (nSPS) is 23.0. The number of likely N-dealkylation sites (N-methyl/N-ethyl adjacent to an activating group) is 1. The van der Waals surface area contributed by atoms with Crippen LogP contribution in [0.5, 0.6) is 0 Å². The Morgan fingerprint density at radius 1 is 1.04 bits per heavy atom. The fourth-order valence-corrected chi connectivity index (χ4v) is 5.39. The molecule has 0 aliphatic carbocycles. The van der Waals surface area contributed by atoms with Crippen molar-refractivity contribution in [2.24, 2.45) is 0 Å². The summed E-state index contributed by atoms with van der Waals surface area (Å²) in [5.41, 5.74) is 2.23. The minimum Gasteiger partial charge on any atom is -0.371 e. The van der Waals surface area contributed by atoms with Gasteiger partial charge in [0.25, 0.3) is 0 Å². The number of hydrogen-bond donors (Lipinski definition) is 1. The number of nitrogens with one attached hydrogen (secondary N) is 1. The molecule has 2 aromatic rings. The summed E-state index contributed by atoms with van der Waals surface area (Å²) in [6, 6.07) is 10.8. The molecule has 2 aliphatic heterocycles. The molecule has 2 atom stereocenters. The van der Waals surface area contributed by atoms with Crippen molar-refractivity contribution >= 4 is 15.5 Å². The second-order valence-corrected chi connectivity index (χ2v) is 8.74. The van der Waals surface area contributed by atoms with Gasteiger partial charge in [-0.05, 0) is 74.0 Å². The van der Waals surface area contributed by atoms with Crippen molar-refractivity contribution in [3.8, 4) is 0 Å². The van der Waals surface area contributed by atoms with Gasteiger partial charge in [0.2, 0.25) is 9.84 Å². The summed E-state index contributed by atoms with van der Waals surface area (Å²) in [6.45, 7) is 1.93. The molecular weight excluding hydrogens is 339 g/mol. The molecule has 0 saturated carbocycles. The number of sulfone groups is 1. The molecule has 2 unspecified atom stereocenters. The molecule has 6 heteroatoms. The van der Waals surface area contributed by atoms with E-state index in [1.165, 1.54) is 24.3 Å². The molecule has 1 N–H and O–H groups in total. The minimum absolute atomic E-state index is 0.124. The van der Waals surface area contributed by atoms with Crippen molar-refractivity contribution in [2.75, 3.05) is 25.0 Å². The Morgan fingerprint density at radius 2 is 1.72 bits per heavy atom. The van der Waals surface area contributed by atoms with Crippen LogP contribution >= 0.6 is 0 Å². The van der Waals surface area contributed by atoms with E-state index in [4.69, 9.17) is 0 Å². The topological polar surface area (TPSA) is 49.4 Å². The third kappa shape index (κ3) is 2.73. The lowest BCUT2D eigenvalue weighted by molar-refractivity contribution is 0.531. The van der Waals surface area contributed by atoms with Crippen molar-refractivity contribution < 1.29 is 12.8 Å². The second kappa shape index (κ2) is 6.11. The van der Waals surface area contributed by atoms with Crippen LogP contribution in [0.25, 0.3) is 0 Å². The molecular formula is C19H21FN2O2S. The van der Waals surface area contributed by atoms with E-state index in [2.05, 4.69) is 17.3 Å². The van der Waals surface area contributed by atoms with Gasteiger partial charge >= 0.3 is 0 Å². The molecule has 4 nitrogen and oxygen atoms in total. The third-order valence-corrected chi connectivity index (χ3v) is 7.19. The zero-order valence-corrected chi connectivity index (χ0v) is 14.9. The first kappa shape index (κ1) is 16.5.